The van der Waals surface area contributed by atoms with Crippen molar-refractivity contribution in [3.8, 4) is 5.69 Å². The van der Waals surface area contributed by atoms with Crippen LogP contribution in [0.5, 0.6) is 0 Å². The summed E-state index contributed by atoms with van der Waals surface area (Å²) in [5.74, 6) is 0.698. The van der Waals surface area contributed by atoms with Crippen LogP contribution in [0.3, 0.4) is 0 Å². The molecule has 9 heteroatoms. The van der Waals surface area contributed by atoms with E-state index in [1.165, 1.54) is 35.0 Å². The summed E-state index contributed by atoms with van der Waals surface area (Å²) in [7, 11) is 3.06. The molecule has 0 aliphatic heterocycles. The Bertz CT molecular complexity index is 1550. The largest absolute Gasteiger partial charge is 0.330 e. The minimum Gasteiger partial charge on any atom is -0.300 e. The summed E-state index contributed by atoms with van der Waals surface area (Å²) in [6, 6.07) is 14.3. The van der Waals surface area contributed by atoms with Crippen molar-refractivity contribution in [2.75, 3.05) is 0 Å². The van der Waals surface area contributed by atoms with E-state index >= 15 is 0 Å². The fraction of sp³-hybridized carbons (Fsp3) is 0.280. The third kappa shape index (κ3) is 4.48. The molecule has 2 heterocycles. The first kappa shape index (κ1) is 24.0. The third-order valence-electron chi connectivity index (χ3n) is 6.11. The zero-order valence-electron chi connectivity index (χ0n) is 19.4. The van der Waals surface area contributed by atoms with Gasteiger partial charge in [-0.25, -0.2) is 9.78 Å². The molecular weight excluding hydrogens is 472 g/mol. The molecule has 0 fully saturated rings. The van der Waals surface area contributed by atoms with Crippen LogP contribution in [0.25, 0.3) is 16.6 Å². The van der Waals surface area contributed by atoms with Gasteiger partial charge in [-0.05, 0) is 48.2 Å². The van der Waals surface area contributed by atoms with Gasteiger partial charge in [0.2, 0.25) is 0 Å². The summed E-state index contributed by atoms with van der Waals surface area (Å²) >= 11 is 7.44. The van der Waals surface area contributed by atoms with Crippen molar-refractivity contribution >= 4 is 34.3 Å². The van der Waals surface area contributed by atoms with Crippen molar-refractivity contribution < 1.29 is 0 Å². The van der Waals surface area contributed by atoms with Gasteiger partial charge in [0.25, 0.3) is 11.1 Å². The van der Waals surface area contributed by atoms with Crippen LogP contribution in [0.15, 0.2) is 68.1 Å². The Labute approximate surface area is 205 Å². The monoisotopic (exact) mass is 496 g/mol. The van der Waals surface area contributed by atoms with Crippen LogP contribution in [-0.4, -0.2) is 18.7 Å². The lowest BCUT2D eigenvalue weighted by Crippen LogP contribution is -2.37. The van der Waals surface area contributed by atoms with Gasteiger partial charge in [-0.1, -0.05) is 49.3 Å². The molecule has 0 spiro atoms. The van der Waals surface area contributed by atoms with E-state index in [1.54, 1.807) is 29.8 Å². The average molecular weight is 497 g/mol. The Balaban J connectivity index is 1.84. The normalized spacial score (nSPS) is 12.3. The van der Waals surface area contributed by atoms with Crippen LogP contribution in [-0.2, 0) is 19.8 Å². The highest BCUT2D eigenvalue weighted by atomic mass is 35.5. The summed E-state index contributed by atoms with van der Waals surface area (Å²) in [4.78, 5) is 42.7. The Hall–Kier alpha value is -3.10. The molecule has 0 saturated carbocycles. The molecule has 0 N–H and O–H groups in total. The highest BCUT2D eigenvalue weighted by Gasteiger charge is 2.16. The summed E-state index contributed by atoms with van der Waals surface area (Å²) in [5.41, 5.74) is 1.93. The first-order valence-electron chi connectivity index (χ1n) is 10.9. The van der Waals surface area contributed by atoms with Gasteiger partial charge in [-0.2, -0.15) is 0 Å². The SMILES string of the molecule is CCC(C)c1ccc(-n2c(SCc3cc(=O)n(C)c(=O)n3C)nc3cc(Cl)ccc3c2=O)cc1. The summed E-state index contributed by atoms with van der Waals surface area (Å²) < 4.78 is 4.05. The number of benzene rings is 2. The van der Waals surface area contributed by atoms with E-state index in [0.29, 0.717) is 38.4 Å². The van der Waals surface area contributed by atoms with E-state index in [-0.39, 0.29) is 16.9 Å². The molecule has 0 aliphatic carbocycles. The van der Waals surface area contributed by atoms with Crippen LogP contribution in [0.2, 0.25) is 5.02 Å². The van der Waals surface area contributed by atoms with Crippen molar-refractivity contribution in [3.05, 3.63) is 96.0 Å². The minimum absolute atomic E-state index is 0.210. The second kappa shape index (κ2) is 9.64. The number of rotatable bonds is 6. The van der Waals surface area contributed by atoms with E-state index in [1.807, 2.05) is 24.3 Å². The smallest absolute Gasteiger partial charge is 0.300 e. The van der Waals surface area contributed by atoms with Crippen molar-refractivity contribution in [3.63, 3.8) is 0 Å². The molecule has 0 bridgehead atoms. The van der Waals surface area contributed by atoms with Gasteiger partial charge in [0.05, 0.1) is 16.6 Å². The van der Waals surface area contributed by atoms with Gasteiger partial charge in [-0.3, -0.25) is 23.3 Å². The fourth-order valence-electron chi connectivity index (χ4n) is 3.71. The van der Waals surface area contributed by atoms with Gasteiger partial charge < -0.3 is 0 Å². The number of thioether (sulfide) groups is 1. The number of hydrogen-bond donors (Lipinski definition) is 0. The van der Waals surface area contributed by atoms with E-state index in [0.717, 1.165) is 11.0 Å². The number of hydrogen-bond acceptors (Lipinski definition) is 5. The van der Waals surface area contributed by atoms with Gasteiger partial charge >= 0.3 is 5.69 Å². The third-order valence-corrected chi connectivity index (χ3v) is 7.32. The summed E-state index contributed by atoms with van der Waals surface area (Å²) in [5, 5.41) is 1.39. The standard InChI is InChI=1S/C25H25ClN4O3S/c1-5-15(2)16-6-9-18(10-7-16)30-23(32)20-11-8-17(26)12-21(20)27-24(30)34-14-19-13-22(31)29(4)25(33)28(19)3/h6-13,15H,5,14H2,1-4H3. The lowest BCUT2D eigenvalue weighted by Gasteiger charge is -2.16. The zero-order chi connectivity index (χ0) is 24.6. The molecule has 7 nitrogen and oxygen atoms in total. The van der Waals surface area contributed by atoms with Crippen molar-refractivity contribution in [2.24, 2.45) is 14.1 Å². The number of nitrogens with zero attached hydrogens (tertiary/aromatic N) is 4. The summed E-state index contributed by atoms with van der Waals surface area (Å²) in [6.07, 6.45) is 1.02. The van der Waals surface area contributed by atoms with Crippen molar-refractivity contribution in [1.29, 1.82) is 0 Å². The van der Waals surface area contributed by atoms with E-state index in [2.05, 4.69) is 13.8 Å². The molecule has 1 unspecified atom stereocenters. The maximum absolute atomic E-state index is 13.5. The van der Waals surface area contributed by atoms with Crippen molar-refractivity contribution in [2.45, 2.75) is 37.1 Å². The van der Waals surface area contributed by atoms with Gasteiger partial charge in [0, 0.05) is 36.6 Å². The topological polar surface area (TPSA) is 78.9 Å². The van der Waals surface area contributed by atoms with Gasteiger partial charge in [-0.15, -0.1) is 0 Å². The van der Waals surface area contributed by atoms with Crippen LogP contribution in [0, 0.1) is 0 Å². The molecule has 0 saturated heterocycles. The lowest BCUT2D eigenvalue weighted by molar-refractivity contribution is 0.664. The number of aromatic nitrogens is 4. The minimum atomic E-state index is -0.403. The molecule has 2 aromatic heterocycles. The Kier molecular flexibility index (Phi) is 6.81. The Morgan fingerprint density at radius 2 is 1.71 bits per heavy atom. The second-order valence-corrected chi connectivity index (χ2v) is 9.64. The van der Waals surface area contributed by atoms with Gasteiger partial charge in [0.1, 0.15) is 0 Å². The maximum atomic E-state index is 13.5. The second-order valence-electron chi connectivity index (χ2n) is 8.26. The fourth-order valence-corrected chi connectivity index (χ4v) is 4.91. The van der Waals surface area contributed by atoms with E-state index in [9.17, 15) is 14.4 Å². The number of halogens is 1. The zero-order valence-corrected chi connectivity index (χ0v) is 21.0. The Morgan fingerprint density at radius 3 is 2.38 bits per heavy atom. The van der Waals surface area contributed by atoms with E-state index < -0.39 is 5.69 Å². The van der Waals surface area contributed by atoms with E-state index in [4.69, 9.17) is 16.6 Å². The molecule has 176 valence electrons. The summed E-state index contributed by atoms with van der Waals surface area (Å²) in [6.45, 7) is 4.30. The van der Waals surface area contributed by atoms with Crippen LogP contribution < -0.4 is 16.8 Å². The number of fused-ring (bicyclic) bond motifs is 1. The molecule has 34 heavy (non-hydrogen) atoms. The Morgan fingerprint density at radius 1 is 1.00 bits per heavy atom. The molecule has 0 aliphatic rings. The highest BCUT2D eigenvalue weighted by molar-refractivity contribution is 7.98. The van der Waals surface area contributed by atoms with Crippen molar-refractivity contribution in [1.82, 2.24) is 18.7 Å². The van der Waals surface area contributed by atoms with Crippen LogP contribution in [0.1, 0.15) is 37.4 Å². The van der Waals surface area contributed by atoms with Crippen LogP contribution >= 0.6 is 23.4 Å². The average Bonchev–Trinajstić information content (AvgIpc) is 2.83. The molecule has 4 aromatic rings. The maximum Gasteiger partial charge on any atom is 0.330 e. The molecular formula is C25H25ClN4O3S. The predicted molar refractivity (Wildman–Crippen MR) is 138 cm³/mol. The molecule has 1 atom stereocenters. The first-order chi connectivity index (χ1) is 16.2. The molecule has 0 radical (unpaired) electrons. The molecule has 0 amide bonds. The van der Waals surface area contributed by atoms with Crippen LogP contribution in [0.4, 0.5) is 0 Å². The first-order valence-corrected chi connectivity index (χ1v) is 12.3. The lowest BCUT2D eigenvalue weighted by atomic mass is 9.98. The molecule has 2 aromatic carbocycles. The quantitative estimate of drug-likeness (QED) is 0.294. The highest BCUT2D eigenvalue weighted by Crippen LogP contribution is 2.26. The molecule has 4 rings (SSSR count). The van der Waals surface area contributed by atoms with Gasteiger partial charge in [0.15, 0.2) is 5.16 Å². The predicted octanol–water partition coefficient (Wildman–Crippen LogP) is 4.24.